The van der Waals surface area contributed by atoms with Gasteiger partial charge in [-0.25, -0.2) is 18.2 Å². The number of anilines is 1. The number of hydrogen-bond acceptors (Lipinski definition) is 9. The minimum atomic E-state index is -0.931. The van der Waals surface area contributed by atoms with E-state index in [1.165, 1.54) is 31.4 Å². The number of alkyl halides is 1. The summed E-state index contributed by atoms with van der Waals surface area (Å²) >= 11 is 0. The van der Waals surface area contributed by atoms with Crippen LogP contribution in [-0.2, 0) is 0 Å². The highest BCUT2D eigenvalue weighted by atomic mass is 19.1. The largest absolute Gasteiger partial charge is 0.508 e. The predicted molar refractivity (Wildman–Crippen MR) is 174 cm³/mol. The molecule has 4 aromatic rings. The van der Waals surface area contributed by atoms with E-state index in [0.29, 0.717) is 37.3 Å². The third kappa shape index (κ3) is 4.58. The molecule has 48 heavy (non-hydrogen) atoms. The van der Waals surface area contributed by atoms with Gasteiger partial charge in [0.05, 0.1) is 18.2 Å². The number of aromatic hydroxyl groups is 1. The Labute approximate surface area is 275 Å². The van der Waals surface area contributed by atoms with Gasteiger partial charge in [-0.05, 0) is 61.1 Å². The highest BCUT2D eigenvalue weighted by Crippen LogP contribution is 2.61. The number of terminal acetylenes is 1. The van der Waals surface area contributed by atoms with Crippen LogP contribution in [0.15, 0.2) is 24.3 Å². The Bertz CT molecular complexity index is 2040. The Balaban J connectivity index is 1.22. The van der Waals surface area contributed by atoms with Crippen molar-refractivity contribution in [2.24, 2.45) is 5.41 Å². The smallest absolute Gasteiger partial charge is 0.319 e. The first-order chi connectivity index (χ1) is 23.2. The second kappa shape index (κ2) is 10.6. The highest BCUT2D eigenvalue weighted by Gasteiger charge is 2.62. The summed E-state index contributed by atoms with van der Waals surface area (Å²) in [6, 6.07) is 5.89. The van der Waals surface area contributed by atoms with Gasteiger partial charge in [0.15, 0.2) is 5.82 Å². The van der Waals surface area contributed by atoms with E-state index in [2.05, 4.69) is 31.0 Å². The SMILES string of the molecule is C#Cc1c(F)ccc2cc(O)cc(-c3nc(OC)c4c(N5CC6CCC(C5)N6)nc(OCC56CC(F)CN5CC5(CC5)C6)nc4c3F)c12. The van der Waals surface area contributed by atoms with Crippen LogP contribution in [0.1, 0.15) is 44.1 Å². The van der Waals surface area contributed by atoms with Crippen molar-refractivity contribution < 1.29 is 27.8 Å². The Kier molecular flexibility index (Phi) is 6.56. The van der Waals surface area contributed by atoms with Crippen molar-refractivity contribution in [2.45, 2.75) is 62.3 Å². The van der Waals surface area contributed by atoms with E-state index < -0.39 is 23.3 Å². The first kappa shape index (κ1) is 29.8. The molecule has 5 fully saturated rings. The van der Waals surface area contributed by atoms with E-state index in [1.54, 1.807) is 0 Å². The molecule has 0 amide bonds. The summed E-state index contributed by atoms with van der Waals surface area (Å²) in [5.41, 5.74) is -0.521. The lowest BCUT2D eigenvalue weighted by Gasteiger charge is -2.35. The summed E-state index contributed by atoms with van der Waals surface area (Å²) in [7, 11) is 1.43. The zero-order chi connectivity index (χ0) is 32.9. The molecule has 0 radical (unpaired) electrons. The first-order valence-electron chi connectivity index (χ1n) is 16.6. The van der Waals surface area contributed by atoms with Gasteiger partial charge in [0, 0.05) is 55.6 Å². The number of nitrogens with one attached hydrogen (secondary N) is 1. The predicted octanol–water partition coefficient (Wildman–Crippen LogP) is 5.10. The van der Waals surface area contributed by atoms with Crippen LogP contribution in [0.25, 0.3) is 32.9 Å². The van der Waals surface area contributed by atoms with Crippen LogP contribution in [0.3, 0.4) is 0 Å². The van der Waals surface area contributed by atoms with Crippen LogP contribution < -0.4 is 19.7 Å². The minimum absolute atomic E-state index is 0.0222. The van der Waals surface area contributed by atoms with Gasteiger partial charge in [-0.3, -0.25) is 4.90 Å². The third-order valence-corrected chi connectivity index (χ3v) is 11.2. The van der Waals surface area contributed by atoms with E-state index in [-0.39, 0.29) is 74.9 Å². The summed E-state index contributed by atoms with van der Waals surface area (Å²) in [6.07, 6.45) is 10.3. The minimum Gasteiger partial charge on any atom is -0.508 e. The average molecular weight is 657 g/mol. The Hall–Kier alpha value is -4.34. The topological polar surface area (TPSA) is 95.9 Å². The number of ether oxygens (including phenoxy) is 2. The normalized spacial score (nSPS) is 27.1. The van der Waals surface area contributed by atoms with Crippen molar-refractivity contribution >= 4 is 27.5 Å². The Morgan fingerprint density at radius 2 is 1.88 bits per heavy atom. The highest BCUT2D eigenvalue weighted by molar-refractivity contribution is 6.04. The quantitative estimate of drug-likeness (QED) is 0.275. The summed E-state index contributed by atoms with van der Waals surface area (Å²) in [5.74, 6) is 1.23. The number of aromatic nitrogens is 3. The number of halogens is 3. The molecule has 9 nitrogen and oxygen atoms in total. The zero-order valence-corrected chi connectivity index (χ0v) is 26.5. The molecule has 4 saturated heterocycles. The van der Waals surface area contributed by atoms with E-state index >= 15 is 4.39 Å². The van der Waals surface area contributed by atoms with Crippen molar-refractivity contribution in [3.63, 3.8) is 0 Å². The molecule has 4 aliphatic heterocycles. The van der Waals surface area contributed by atoms with Crippen LogP contribution in [0.2, 0.25) is 0 Å². The fourth-order valence-electron chi connectivity index (χ4n) is 8.97. The number of hydrogen-bond donors (Lipinski definition) is 2. The Morgan fingerprint density at radius 1 is 1.08 bits per heavy atom. The summed E-state index contributed by atoms with van der Waals surface area (Å²) in [6.45, 7) is 2.72. The maximum Gasteiger partial charge on any atom is 0.319 e. The zero-order valence-electron chi connectivity index (χ0n) is 26.5. The molecule has 2 N–H and O–H groups in total. The number of phenolic OH excluding ortho intramolecular Hbond substituents is 1. The number of rotatable bonds is 6. The second-order valence-electron chi connectivity index (χ2n) is 14.4. The number of fused-ring (bicyclic) bond motifs is 5. The van der Waals surface area contributed by atoms with Crippen LogP contribution >= 0.6 is 0 Å². The van der Waals surface area contributed by atoms with Crippen molar-refractivity contribution in [1.29, 1.82) is 0 Å². The molecule has 1 aliphatic carbocycles. The average Bonchev–Trinajstić information content (AvgIpc) is 3.51. The fourth-order valence-corrected chi connectivity index (χ4v) is 8.97. The molecule has 248 valence electrons. The van der Waals surface area contributed by atoms with Gasteiger partial charge in [-0.1, -0.05) is 12.0 Å². The number of nitrogens with zero attached hydrogens (tertiary/aromatic N) is 5. The number of piperazine rings is 1. The van der Waals surface area contributed by atoms with Crippen LogP contribution in [-0.4, -0.2) is 88.6 Å². The van der Waals surface area contributed by atoms with Crippen LogP contribution in [0.4, 0.5) is 19.0 Å². The van der Waals surface area contributed by atoms with Gasteiger partial charge >= 0.3 is 6.01 Å². The van der Waals surface area contributed by atoms with Gasteiger partial charge in [-0.2, -0.15) is 9.97 Å². The van der Waals surface area contributed by atoms with Crippen molar-refractivity contribution in [3.8, 4) is 41.2 Å². The molecular weight excluding hydrogens is 621 g/mol. The Morgan fingerprint density at radius 3 is 2.60 bits per heavy atom. The summed E-state index contributed by atoms with van der Waals surface area (Å²) in [4.78, 5) is 18.4. The van der Waals surface area contributed by atoms with Crippen molar-refractivity contribution in [1.82, 2.24) is 25.2 Å². The molecule has 2 aromatic carbocycles. The van der Waals surface area contributed by atoms with E-state index in [9.17, 15) is 13.9 Å². The number of methoxy groups -OCH3 is 1. The lowest BCUT2D eigenvalue weighted by molar-refractivity contribution is 0.107. The van der Waals surface area contributed by atoms with Crippen LogP contribution in [0, 0.1) is 29.4 Å². The standard InChI is InChI=1S/C36H35F3N6O3/c1-3-24-26(38)7-4-19-10-23(46)11-25(27(19)24)30-29(39)31-28(33(41-30)47-2)32(44-14-21-5-6-22(15-44)40-21)43-34(42-31)48-18-36-12-20(37)13-45(36)17-35(16-36)8-9-35/h1,4,7,10-11,20-22,40,46H,5-6,8-9,12-18H2,2H3. The second-order valence-corrected chi connectivity index (χ2v) is 14.4. The van der Waals surface area contributed by atoms with E-state index in [0.717, 1.165) is 38.6 Å². The van der Waals surface area contributed by atoms with Gasteiger partial charge in [0.1, 0.15) is 46.8 Å². The van der Waals surface area contributed by atoms with Crippen molar-refractivity contribution in [2.75, 3.05) is 44.8 Å². The molecule has 1 spiro atoms. The third-order valence-electron chi connectivity index (χ3n) is 11.2. The molecule has 9 rings (SSSR count). The monoisotopic (exact) mass is 656 g/mol. The molecule has 5 aliphatic rings. The maximum atomic E-state index is 17.1. The van der Waals surface area contributed by atoms with Gasteiger partial charge < -0.3 is 24.8 Å². The van der Waals surface area contributed by atoms with Crippen LogP contribution in [0.5, 0.6) is 17.6 Å². The lowest BCUT2D eigenvalue weighted by atomic mass is 9.89. The maximum absolute atomic E-state index is 17.1. The molecule has 4 unspecified atom stereocenters. The molecule has 12 heteroatoms. The number of pyridine rings is 1. The molecule has 2 aromatic heterocycles. The molecule has 2 bridgehead atoms. The fraction of sp³-hybridized carbons (Fsp3) is 0.472. The van der Waals surface area contributed by atoms with Gasteiger partial charge in [0.2, 0.25) is 5.88 Å². The lowest BCUT2D eigenvalue weighted by Crippen LogP contribution is -2.51. The molecule has 4 atom stereocenters. The van der Waals surface area contributed by atoms with Crippen molar-refractivity contribution in [3.05, 3.63) is 41.5 Å². The molecule has 1 saturated carbocycles. The number of benzene rings is 2. The van der Waals surface area contributed by atoms with E-state index in [4.69, 9.17) is 20.9 Å². The first-order valence-corrected chi connectivity index (χ1v) is 16.6. The number of phenols is 1. The molecular formula is C36H35F3N6O3. The van der Waals surface area contributed by atoms with Gasteiger partial charge in [-0.15, -0.1) is 6.42 Å². The molecule has 6 heterocycles. The summed E-state index contributed by atoms with van der Waals surface area (Å²) < 4.78 is 59.0. The van der Waals surface area contributed by atoms with Gasteiger partial charge in [0.25, 0.3) is 0 Å². The summed E-state index contributed by atoms with van der Waals surface area (Å²) in [5, 5.41) is 15.2. The van der Waals surface area contributed by atoms with E-state index in [1.807, 2.05) is 0 Å².